The Morgan fingerprint density at radius 1 is 0.920 bits per heavy atom. The molecule has 0 amide bonds. The predicted octanol–water partition coefficient (Wildman–Crippen LogP) is -0.949. The summed E-state index contributed by atoms with van der Waals surface area (Å²) in [5.41, 5.74) is 0. The first-order valence-electron chi connectivity index (χ1n) is 6.57. The van der Waals surface area contributed by atoms with Gasteiger partial charge in [0.15, 0.2) is 11.5 Å². The summed E-state index contributed by atoms with van der Waals surface area (Å²) in [6.45, 7) is 1.95. The normalized spacial score (nSPS) is 14.3. The van der Waals surface area contributed by atoms with Gasteiger partial charge in [0.05, 0.1) is 17.1 Å². The van der Waals surface area contributed by atoms with Crippen LogP contribution in [0.1, 0.15) is 13.8 Å². The molecule has 140 valence electrons. The molecular weight excluding hydrogens is 391 g/mol. The summed E-state index contributed by atoms with van der Waals surface area (Å²) in [4.78, 5) is -1.83. The van der Waals surface area contributed by atoms with Crippen LogP contribution in [0.5, 0.6) is 11.5 Å². The van der Waals surface area contributed by atoms with Gasteiger partial charge in [-0.25, -0.2) is 0 Å². The quantitative estimate of drug-likeness (QED) is 0.310. The standard InChI is InChI=1S/C12H18O10S2.Na.H/c1-7(13)5-21-10-3-9(23(15,16)17)4-11(24(18,19)20)12(10)22-6-8(2)14;;/h3-4,7-8,13-14H,5-6H2,1-2H3,(H,15,16,17)(H,18,19,20);;. The zero-order valence-electron chi connectivity index (χ0n) is 12.8. The molecule has 2 unspecified atom stereocenters. The van der Waals surface area contributed by atoms with Gasteiger partial charge in [0, 0.05) is 6.07 Å². The topological polar surface area (TPSA) is 168 Å². The molecule has 0 aliphatic rings. The molecule has 1 aromatic rings. The molecule has 0 aliphatic carbocycles. The van der Waals surface area contributed by atoms with Crippen molar-refractivity contribution < 1.29 is 45.6 Å². The van der Waals surface area contributed by atoms with E-state index in [1.54, 1.807) is 0 Å². The van der Waals surface area contributed by atoms with E-state index in [2.05, 4.69) is 0 Å². The summed E-state index contributed by atoms with van der Waals surface area (Å²) in [6.07, 6.45) is -2.00. The molecular formula is C12H19NaO10S2. The van der Waals surface area contributed by atoms with Crippen molar-refractivity contribution in [2.75, 3.05) is 13.2 Å². The van der Waals surface area contributed by atoms with Gasteiger partial charge < -0.3 is 19.7 Å². The minimum atomic E-state index is -4.95. The van der Waals surface area contributed by atoms with Crippen LogP contribution in [0.2, 0.25) is 0 Å². The fourth-order valence-corrected chi connectivity index (χ4v) is 2.82. The molecule has 0 aromatic heterocycles. The van der Waals surface area contributed by atoms with Gasteiger partial charge in [-0.3, -0.25) is 9.11 Å². The molecule has 0 bridgehead atoms. The van der Waals surface area contributed by atoms with Crippen molar-refractivity contribution in [1.82, 2.24) is 0 Å². The van der Waals surface area contributed by atoms with Gasteiger partial charge >= 0.3 is 29.6 Å². The molecule has 1 rings (SSSR count). The van der Waals surface area contributed by atoms with E-state index in [9.17, 15) is 31.6 Å². The second-order valence-corrected chi connectivity index (χ2v) is 7.83. The predicted molar refractivity (Wildman–Crippen MR) is 87.6 cm³/mol. The van der Waals surface area contributed by atoms with Gasteiger partial charge in [-0.2, -0.15) is 16.8 Å². The Morgan fingerprint density at radius 3 is 1.80 bits per heavy atom. The molecule has 13 heteroatoms. The molecule has 4 N–H and O–H groups in total. The Kier molecular flexibility index (Phi) is 9.32. The molecule has 0 radical (unpaired) electrons. The molecule has 10 nitrogen and oxygen atoms in total. The maximum atomic E-state index is 11.5. The van der Waals surface area contributed by atoms with Crippen molar-refractivity contribution in [1.29, 1.82) is 0 Å². The van der Waals surface area contributed by atoms with Gasteiger partial charge in [0.1, 0.15) is 18.1 Å². The van der Waals surface area contributed by atoms with Crippen molar-refractivity contribution >= 4 is 49.8 Å². The SMILES string of the molecule is CC(O)COc1cc(S(=O)(=O)O)cc(S(=O)(=O)O)c1OCC(C)O.[NaH]. The Balaban J connectivity index is 0.00000576. The Hall–Kier alpha value is -0.440. The summed E-state index contributed by atoms with van der Waals surface area (Å²) in [7, 11) is -9.77. The molecule has 2 atom stereocenters. The molecule has 1 aromatic carbocycles. The number of benzene rings is 1. The second kappa shape index (κ2) is 9.48. The molecule has 0 aliphatic heterocycles. The van der Waals surface area contributed by atoms with Gasteiger partial charge in [-0.1, -0.05) is 0 Å². The van der Waals surface area contributed by atoms with Crippen LogP contribution in [0.4, 0.5) is 0 Å². The Morgan fingerprint density at radius 2 is 1.40 bits per heavy atom. The Bertz CT molecular complexity index is 786. The fraction of sp³-hybridized carbons (Fsp3) is 0.500. The maximum absolute atomic E-state index is 11.5. The number of aliphatic hydroxyl groups is 2. The molecule has 0 saturated heterocycles. The number of hydrogen-bond acceptors (Lipinski definition) is 8. The van der Waals surface area contributed by atoms with E-state index in [-0.39, 0.29) is 36.2 Å². The van der Waals surface area contributed by atoms with E-state index >= 15 is 0 Å². The molecule has 0 saturated carbocycles. The van der Waals surface area contributed by atoms with E-state index < -0.39 is 60.3 Å². The first-order chi connectivity index (χ1) is 10.8. The first kappa shape index (κ1) is 24.6. The van der Waals surface area contributed by atoms with E-state index in [1.165, 1.54) is 13.8 Å². The average molecular weight is 410 g/mol. The van der Waals surface area contributed by atoms with Crippen molar-refractivity contribution in [3.63, 3.8) is 0 Å². The van der Waals surface area contributed by atoms with Crippen LogP contribution in [0, 0.1) is 0 Å². The zero-order chi connectivity index (χ0) is 18.7. The van der Waals surface area contributed by atoms with E-state index in [0.717, 1.165) is 6.07 Å². The molecule has 25 heavy (non-hydrogen) atoms. The van der Waals surface area contributed by atoms with Crippen LogP contribution in [-0.4, -0.2) is 91.1 Å². The summed E-state index contributed by atoms with van der Waals surface area (Å²) in [5.74, 6) is -1.02. The first-order valence-corrected chi connectivity index (χ1v) is 9.45. The van der Waals surface area contributed by atoms with E-state index in [1.807, 2.05) is 0 Å². The average Bonchev–Trinajstić information content (AvgIpc) is 2.40. The fourth-order valence-electron chi connectivity index (χ4n) is 1.56. The van der Waals surface area contributed by atoms with Crippen molar-refractivity contribution in [2.24, 2.45) is 0 Å². The molecule has 0 spiro atoms. The number of aliphatic hydroxyl groups excluding tert-OH is 2. The van der Waals surface area contributed by atoms with Gasteiger partial charge in [0.2, 0.25) is 0 Å². The van der Waals surface area contributed by atoms with Gasteiger partial charge in [-0.15, -0.1) is 0 Å². The number of ether oxygens (including phenoxy) is 2. The third kappa shape index (κ3) is 7.76. The van der Waals surface area contributed by atoms with Crippen molar-refractivity contribution in [3.05, 3.63) is 12.1 Å². The monoisotopic (exact) mass is 410 g/mol. The number of rotatable bonds is 8. The Labute approximate surface area is 167 Å². The molecule has 0 fully saturated rings. The van der Waals surface area contributed by atoms with Crippen LogP contribution < -0.4 is 9.47 Å². The summed E-state index contributed by atoms with van der Waals surface area (Å²) < 4.78 is 74.1. The van der Waals surface area contributed by atoms with Crippen LogP contribution in [0.25, 0.3) is 0 Å². The second-order valence-electron chi connectivity index (χ2n) is 5.02. The van der Waals surface area contributed by atoms with Gasteiger partial charge in [0.25, 0.3) is 20.2 Å². The van der Waals surface area contributed by atoms with Crippen molar-refractivity contribution in [3.8, 4) is 11.5 Å². The summed E-state index contributed by atoms with van der Waals surface area (Å²) in [5, 5.41) is 18.5. The molecule has 0 heterocycles. The van der Waals surface area contributed by atoms with E-state index in [0.29, 0.717) is 6.07 Å². The van der Waals surface area contributed by atoms with Crippen LogP contribution in [-0.2, 0) is 20.2 Å². The third-order valence-electron chi connectivity index (χ3n) is 2.52. The van der Waals surface area contributed by atoms with Crippen LogP contribution >= 0.6 is 0 Å². The van der Waals surface area contributed by atoms with Crippen molar-refractivity contribution in [2.45, 2.75) is 35.8 Å². The third-order valence-corrected chi connectivity index (χ3v) is 4.21. The minimum absolute atomic E-state index is 0. The van der Waals surface area contributed by atoms with Crippen LogP contribution in [0.3, 0.4) is 0 Å². The van der Waals surface area contributed by atoms with E-state index in [4.69, 9.17) is 14.0 Å². The summed E-state index contributed by atoms with van der Waals surface area (Å²) >= 11 is 0. The zero-order valence-corrected chi connectivity index (χ0v) is 14.4. The number of hydrogen-bond donors (Lipinski definition) is 4. The summed E-state index contributed by atoms with van der Waals surface area (Å²) in [6, 6.07) is 1.25. The van der Waals surface area contributed by atoms with Crippen LogP contribution in [0.15, 0.2) is 21.9 Å². The van der Waals surface area contributed by atoms with Gasteiger partial charge in [-0.05, 0) is 19.9 Å².